The molecule has 1 amide bonds. The van der Waals surface area contributed by atoms with Gasteiger partial charge in [-0.15, -0.1) is 0 Å². The molecule has 0 bridgehead atoms. The van der Waals surface area contributed by atoms with Crippen LogP contribution >= 0.6 is 0 Å². The van der Waals surface area contributed by atoms with Crippen molar-refractivity contribution >= 4 is 28.3 Å². The molecule has 0 spiro atoms. The second kappa shape index (κ2) is 7.59. The number of hydrogen-bond acceptors (Lipinski definition) is 5. The minimum Gasteiger partial charge on any atom is -0.353 e. The van der Waals surface area contributed by atoms with Gasteiger partial charge in [0.25, 0.3) is 0 Å². The van der Waals surface area contributed by atoms with Gasteiger partial charge in [0, 0.05) is 57.3 Å². The van der Waals surface area contributed by atoms with Crippen LogP contribution in [-0.2, 0) is 11.8 Å². The van der Waals surface area contributed by atoms with E-state index < -0.39 is 0 Å². The van der Waals surface area contributed by atoms with Crippen molar-refractivity contribution in [1.29, 1.82) is 0 Å². The van der Waals surface area contributed by atoms with Crippen LogP contribution in [0.4, 0.5) is 11.6 Å². The highest BCUT2D eigenvalue weighted by Gasteiger charge is 2.20. The largest absolute Gasteiger partial charge is 0.353 e. The number of piperazine rings is 1. The maximum absolute atomic E-state index is 11.6. The fraction of sp³-hybridized carbons (Fsp3) is 0.381. The third kappa shape index (κ3) is 3.71. The Bertz CT molecular complexity index is 1000. The fourth-order valence-electron chi connectivity index (χ4n) is 3.75. The number of nitrogens with zero attached hydrogens (tertiary/aromatic N) is 5. The van der Waals surface area contributed by atoms with E-state index in [1.54, 1.807) is 4.68 Å². The Morgan fingerprint density at radius 3 is 2.57 bits per heavy atom. The summed E-state index contributed by atoms with van der Waals surface area (Å²) in [6.45, 7) is 8.70. The van der Waals surface area contributed by atoms with E-state index in [2.05, 4.69) is 45.3 Å². The van der Waals surface area contributed by atoms with Crippen molar-refractivity contribution in [2.45, 2.75) is 13.8 Å². The molecule has 1 saturated heterocycles. The molecular weight excluding hydrogens is 352 g/mol. The number of benzene rings is 1. The number of rotatable bonds is 4. The summed E-state index contributed by atoms with van der Waals surface area (Å²) in [5.41, 5.74) is 2.17. The van der Waals surface area contributed by atoms with Gasteiger partial charge in [0.2, 0.25) is 5.91 Å². The van der Waals surface area contributed by atoms with E-state index in [1.165, 1.54) is 6.92 Å². The van der Waals surface area contributed by atoms with E-state index in [4.69, 9.17) is 4.98 Å². The van der Waals surface area contributed by atoms with Crippen LogP contribution in [-0.4, -0.2) is 58.3 Å². The summed E-state index contributed by atoms with van der Waals surface area (Å²) in [4.78, 5) is 21.2. The molecule has 28 heavy (non-hydrogen) atoms. The molecule has 7 nitrogen and oxygen atoms in total. The zero-order chi connectivity index (χ0) is 19.7. The molecule has 3 heterocycles. The molecule has 0 aliphatic carbocycles. The lowest BCUT2D eigenvalue weighted by Crippen LogP contribution is -2.46. The molecule has 1 aromatic carbocycles. The summed E-state index contributed by atoms with van der Waals surface area (Å²) in [5.74, 6) is 1.42. The summed E-state index contributed by atoms with van der Waals surface area (Å²) in [7, 11) is 1.91. The van der Waals surface area contributed by atoms with Gasteiger partial charge < -0.3 is 15.1 Å². The van der Waals surface area contributed by atoms with Crippen molar-refractivity contribution in [2.24, 2.45) is 7.05 Å². The molecule has 0 saturated carbocycles. The van der Waals surface area contributed by atoms with E-state index in [-0.39, 0.29) is 5.91 Å². The van der Waals surface area contributed by atoms with E-state index in [1.807, 2.05) is 25.5 Å². The number of aromatic nitrogens is 3. The first-order chi connectivity index (χ1) is 13.5. The summed E-state index contributed by atoms with van der Waals surface area (Å²) in [6.07, 6.45) is 3.87. The molecule has 7 heteroatoms. The lowest BCUT2D eigenvalue weighted by molar-refractivity contribution is -0.114. The number of likely N-dealkylation sites (N-methyl/N-ethyl adjacent to an activating group) is 1. The Hall–Kier alpha value is -2.93. The van der Waals surface area contributed by atoms with Crippen LogP contribution in [0.3, 0.4) is 0 Å². The lowest BCUT2D eigenvalue weighted by Gasteiger charge is -2.35. The van der Waals surface area contributed by atoms with Crippen LogP contribution in [0.1, 0.15) is 13.8 Å². The normalized spacial score (nSPS) is 15.2. The van der Waals surface area contributed by atoms with Gasteiger partial charge in [-0.1, -0.05) is 19.1 Å². The van der Waals surface area contributed by atoms with Crippen LogP contribution < -0.4 is 10.2 Å². The van der Waals surface area contributed by atoms with E-state index in [9.17, 15) is 4.79 Å². The summed E-state index contributed by atoms with van der Waals surface area (Å²) < 4.78 is 1.80. The van der Waals surface area contributed by atoms with Crippen LogP contribution in [0.5, 0.6) is 0 Å². The number of amides is 1. The van der Waals surface area contributed by atoms with Crippen molar-refractivity contribution in [3.8, 4) is 11.1 Å². The Kier molecular flexibility index (Phi) is 5.00. The number of pyridine rings is 1. The molecule has 0 radical (unpaired) electrons. The van der Waals surface area contributed by atoms with Crippen LogP contribution in [0, 0.1) is 0 Å². The zero-order valence-corrected chi connectivity index (χ0v) is 16.6. The molecule has 0 atom stereocenters. The topological polar surface area (TPSA) is 66.3 Å². The smallest absolute Gasteiger partial charge is 0.222 e. The number of fused-ring (bicyclic) bond motifs is 1. The van der Waals surface area contributed by atoms with Gasteiger partial charge in [-0.2, -0.15) is 5.10 Å². The van der Waals surface area contributed by atoms with Crippen molar-refractivity contribution in [3.63, 3.8) is 0 Å². The van der Waals surface area contributed by atoms with Gasteiger partial charge in [0.05, 0.1) is 6.20 Å². The quantitative estimate of drug-likeness (QED) is 0.756. The second-order valence-electron chi connectivity index (χ2n) is 7.27. The number of nitrogens with one attached hydrogen (secondary N) is 1. The lowest BCUT2D eigenvalue weighted by atomic mass is 10.0. The van der Waals surface area contributed by atoms with Gasteiger partial charge in [0.1, 0.15) is 11.6 Å². The molecule has 2 aromatic heterocycles. The molecule has 1 aliphatic rings. The third-order valence-electron chi connectivity index (χ3n) is 5.27. The molecule has 4 rings (SSSR count). The number of anilines is 2. The van der Waals surface area contributed by atoms with Crippen LogP contribution in [0.15, 0.2) is 36.7 Å². The predicted octanol–water partition coefficient (Wildman–Crippen LogP) is 2.74. The van der Waals surface area contributed by atoms with E-state index in [0.717, 1.165) is 60.4 Å². The molecule has 146 valence electrons. The van der Waals surface area contributed by atoms with Gasteiger partial charge in [-0.25, -0.2) is 4.98 Å². The second-order valence-corrected chi connectivity index (χ2v) is 7.27. The molecule has 1 aliphatic heterocycles. The minimum atomic E-state index is -0.114. The molecule has 1 fully saturated rings. The molecule has 0 unspecified atom stereocenters. The highest BCUT2D eigenvalue weighted by atomic mass is 16.1. The Balaban J connectivity index is 1.77. The number of aryl methyl sites for hydroxylation is 1. The Labute approximate surface area is 165 Å². The summed E-state index contributed by atoms with van der Waals surface area (Å²) >= 11 is 0. The van der Waals surface area contributed by atoms with Crippen molar-refractivity contribution in [1.82, 2.24) is 19.7 Å². The average Bonchev–Trinajstić information content (AvgIpc) is 3.13. The number of carbonyl (C=O) groups excluding carboxylic acids is 1. The Morgan fingerprint density at radius 2 is 1.93 bits per heavy atom. The molecular formula is C21H26N6O. The predicted molar refractivity (Wildman–Crippen MR) is 113 cm³/mol. The third-order valence-corrected chi connectivity index (χ3v) is 5.27. The fourth-order valence-corrected chi connectivity index (χ4v) is 3.75. The van der Waals surface area contributed by atoms with Crippen LogP contribution in [0.2, 0.25) is 0 Å². The van der Waals surface area contributed by atoms with Crippen molar-refractivity contribution in [3.05, 3.63) is 36.7 Å². The highest BCUT2D eigenvalue weighted by molar-refractivity contribution is 5.99. The van der Waals surface area contributed by atoms with E-state index >= 15 is 0 Å². The monoisotopic (exact) mass is 378 g/mol. The highest BCUT2D eigenvalue weighted by Crippen LogP contribution is 2.32. The van der Waals surface area contributed by atoms with Crippen molar-refractivity contribution < 1.29 is 4.79 Å². The summed E-state index contributed by atoms with van der Waals surface area (Å²) in [6, 6.07) is 8.34. The number of hydrogen-bond donors (Lipinski definition) is 1. The first kappa shape index (κ1) is 18.4. The van der Waals surface area contributed by atoms with Crippen LogP contribution in [0.25, 0.3) is 21.9 Å². The minimum absolute atomic E-state index is 0.114. The van der Waals surface area contributed by atoms with Gasteiger partial charge in [-0.05, 0) is 29.6 Å². The first-order valence-corrected chi connectivity index (χ1v) is 9.72. The SMILES string of the molecule is CCN1CCN(c2nc(NC(C)=O)cc3cc(-c4cnn(C)c4)ccc23)CC1. The first-order valence-electron chi connectivity index (χ1n) is 9.72. The summed E-state index contributed by atoms with van der Waals surface area (Å²) in [5, 5.41) is 9.29. The zero-order valence-electron chi connectivity index (χ0n) is 16.6. The van der Waals surface area contributed by atoms with Gasteiger partial charge in [-0.3, -0.25) is 9.48 Å². The molecule has 3 aromatic rings. The molecule has 1 N–H and O–H groups in total. The maximum Gasteiger partial charge on any atom is 0.222 e. The van der Waals surface area contributed by atoms with Gasteiger partial charge >= 0.3 is 0 Å². The standard InChI is InChI=1S/C21H26N6O/c1-4-26-7-9-27(10-8-26)21-19-6-5-16(18-13-22-25(3)14-18)11-17(19)12-20(24-21)23-15(2)28/h5-6,11-14H,4,7-10H2,1-3H3,(H,23,24,28). The van der Waals surface area contributed by atoms with Gasteiger partial charge in [0.15, 0.2) is 0 Å². The Morgan fingerprint density at radius 1 is 1.14 bits per heavy atom. The number of carbonyl (C=O) groups is 1. The maximum atomic E-state index is 11.6. The van der Waals surface area contributed by atoms with Crippen molar-refractivity contribution in [2.75, 3.05) is 42.9 Å². The van der Waals surface area contributed by atoms with E-state index in [0.29, 0.717) is 5.82 Å². The average molecular weight is 378 g/mol.